The van der Waals surface area contributed by atoms with E-state index in [1.54, 1.807) is 54.6 Å². The maximum absolute atomic E-state index is 15.7. The lowest BCUT2D eigenvalue weighted by Crippen LogP contribution is -2.18. The smallest absolute Gasteiger partial charge is 0.213 e. The van der Waals surface area contributed by atoms with Crippen LogP contribution >= 0.6 is 0 Å². The van der Waals surface area contributed by atoms with Crippen molar-refractivity contribution in [2.24, 2.45) is 5.73 Å². The molecule has 0 aliphatic rings. The standard InChI is InChI=1S/C25H29FN4O3/c1-5-32-18-13-19(23(26)21(14-18)33-15(2)3)24(20-7-6-8-22(30-20)31-4)29-17-11-9-16(10-12-17)25(27)28/h6-15,24,29H,5H2,1-4H3,(H3,27,28). The molecule has 4 N–H and O–H groups in total. The van der Waals surface area contributed by atoms with Gasteiger partial charge in [0.1, 0.15) is 11.6 Å². The van der Waals surface area contributed by atoms with E-state index in [0.717, 1.165) is 0 Å². The summed E-state index contributed by atoms with van der Waals surface area (Å²) in [6, 6.07) is 14.8. The first-order valence-electron chi connectivity index (χ1n) is 10.7. The van der Waals surface area contributed by atoms with Gasteiger partial charge in [-0.2, -0.15) is 0 Å². The maximum atomic E-state index is 15.7. The van der Waals surface area contributed by atoms with E-state index in [2.05, 4.69) is 10.3 Å². The van der Waals surface area contributed by atoms with Gasteiger partial charge in [0.15, 0.2) is 11.6 Å². The van der Waals surface area contributed by atoms with Crippen molar-refractivity contribution in [2.45, 2.75) is 32.9 Å². The molecule has 0 spiro atoms. The number of nitrogens with zero attached hydrogens (tertiary/aromatic N) is 1. The molecule has 7 nitrogen and oxygen atoms in total. The summed E-state index contributed by atoms with van der Waals surface area (Å²) in [7, 11) is 1.53. The Kier molecular flexibility index (Phi) is 7.71. The molecule has 0 aliphatic carbocycles. The van der Waals surface area contributed by atoms with Crippen molar-refractivity contribution in [2.75, 3.05) is 19.0 Å². The van der Waals surface area contributed by atoms with Crippen LogP contribution in [0.2, 0.25) is 0 Å². The van der Waals surface area contributed by atoms with Crippen molar-refractivity contribution < 1.29 is 18.6 Å². The van der Waals surface area contributed by atoms with Crippen LogP contribution in [0, 0.1) is 11.2 Å². The van der Waals surface area contributed by atoms with Gasteiger partial charge in [0.2, 0.25) is 5.88 Å². The van der Waals surface area contributed by atoms with E-state index in [1.807, 2.05) is 20.8 Å². The Morgan fingerprint density at radius 1 is 1.15 bits per heavy atom. The first-order chi connectivity index (χ1) is 15.8. The lowest BCUT2D eigenvalue weighted by Gasteiger charge is -2.23. The van der Waals surface area contributed by atoms with E-state index >= 15 is 4.39 Å². The van der Waals surface area contributed by atoms with E-state index in [4.69, 9.17) is 25.4 Å². The quantitative estimate of drug-likeness (QED) is 0.299. The van der Waals surface area contributed by atoms with Crippen LogP contribution in [0.4, 0.5) is 10.1 Å². The van der Waals surface area contributed by atoms with Crippen molar-refractivity contribution in [3.8, 4) is 17.4 Å². The SMILES string of the molecule is CCOc1cc(OC(C)C)c(F)c(C(Nc2ccc(C(=N)N)cc2)c2cccc(OC)n2)c1. The molecule has 1 aromatic heterocycles. The zero-order chi connectivity index (χ0) is 24.0. The average Bonchev–Trinajstić information content (AvgIpc) is 2.80. The van der Waals surface area contributed by atoms with Crippen LogP contribution in [0.5, 0.6) is 17.4 Å². The van der Waals surface area contributed by atoms with Crippen LogP contribution in [0.15, 0.2) is 54.6 Å². The number of halogens is 1. The number of methoxy groups -OCH3 is 1. The van der Waals surface area contributed by atoms with Crippen molar-refractivity contribution in [3.63, 3.8) is 0 Å². The molecule has 174 valence electrons. The second-order valence-corrected chi connectivity index (χ2v) is 7.60. The van der Waals surface area contributed by atoms with E-state index < -0.39 is 11.9 Å². The minimum Gasteiger partial charge on any atom is -0.494 e. The summed E-state index contributed by atoms with van der Waals surface area (Å²) in [4.78, 5) is 4.53. The van der Waals surface area contributed by atoms with Gasteiger partial charge in [-0.3, -0.25) is 5.41 Å². The highest BCUT2D eigenvalue weighted by molar-refractivity contribution is 5.95. The Morgan fingerprint density at radius 3 is 2.48 bits per heavy atom. The third kappa shape index (κ3) is 5.91. The summed E-state index contributed by atoms with van der Waals surface area (Å²) in [5.74, 6) is 0.470. The third-order valence-corrected chi connectivity index (χ3v) is 4.78. The van der Waals surface area contributed by atoms with Crippen molar-refractivity contribution in [1.29, 1.82) is 5.41 Å². The topological polar surface area (TPSA) is 102 Å². The van der Waals surface area contributed by atoms with Gasteiger partial charge in [-0.15, -0.1) is 0 Å². The molecule has 8 heteroatoms. The number of hydrogen-bond acceptors (Lipinski definition) is 6. The number of benzene rings is 2. The van der Waals surface area contributed by atoms with Crippen molar-refractivity contribution >= 4 is 11.5 Å². The summed E-state index contributed by atoms with van der Waals surface area (Å²) in [6.07, 6.45) is -0.218. The molecule has 33 heavy (non-hydrogen) atoms. The fourth-order valence-electron chi connectivity index (χ4n) is 3.32. The van der Waals surface area contributed by atoms with Gasteiger partial charge < -0.3 is 25.3 Å². The number of ether oxygens (including phenoxy) is 3. The zero-order valence-corrected chi connectivity index (χ0v) is 19.2. The molecule has 0 saturated carbocycles. The van der Waals surface area contributed by atoms with Crippen LogP contribution in [0.1, 0.15) is 43.6 Å². The Morgan fingerprint density at radius 2 is 1.88 bits per heavy atom. The molecule has 0 radical (unpaired) electrons. The normalized spacial score (nSPS) is 11.7. The number of aromatic nitrogens is 1. The third-order valence-electron chi connectivity index (χ3n) is 4.78. The van der Waals surface area contributed by atoms with Gasteiger partial charge >= 0.3 is 0 Å². The highest BCUT2D eigenvalue weighted by Crippen LogP contribution is 2.36. The largest absolute Gasteiger partial charge is 0.494 e. The molecule has 0 fully saturated rings. The molecule has 3 rings (SSSR count). The van der Waals surface area contributed by atoms with Gasteiger partial charge in [0.05, 0.1) is 31.6 Å². The number of nitrogen functional groups attached to an aromatic ring is 1. The Balaban J connectivity index is 2.13. The average molecular weight is 453 g/mol. The molecule has 0 amide bonds. The molecule has 0 aliphatic heterocycles. The first kappa shape index (κ1) is 23.8. The monoisotopic (exact) mass is 452 g/mol. The van der Waals surface area contributed by atoms with E-state index in [9.17, 15) is 0 Å². The molecule has 0 saturated heterocycles. The molecule has 1 atom stereocenters. The Labute approximate surface area is 193 Å². The predicted molar refractivity (Wildman–Crippen MR) is 127 cm³/mol. The second-order valence-electron chi connectivity index (χ2n) is 7.60. The van der Waals surface area contributed by atoms with Crippen LogP contribution in [-0.4, -0.2) is 30.6 Å². The van der Waals surface area contributed by atoms with Crippen molar-refractivity contribution in [3.05, 3.63) is 77.2 Å². The number of anilines is 1. The van der Waals surface area contributed by atoms with Gasteiger partial charge in [-0.1, -0.05) is 6.07 Å². The summed E-state index contributed by atoms with van der Waals surface area (Å²) < 4.78 is 32.4. The summed E-state index contributed by atoms with van der Waals surface area (Å²) in [6.45, 7) is 5.96. The summed E-state index contributed by atoms with van der Waals surface area (Å²) >= 11 is 0. The van der Waals surface area contributed by atoms with E-state index in [0.29, 0.717) is 40.7 Å². The second kappa shape index (κ2) is 10.7. The highest BCUT2D eigenvalue weighted by atomic mass is 19.1. The fraction of sp³-hybridized carbons (Fsp3) is 0.280. The minimum atomic E-state index is -0.682. The highest BCUT2D eigenvalue weighted by Gasteiger charge is 2.25. The number of nitrogens with one attached hydrogen (secondary N) is 2. The van der Waals surface area contributed by atoms with Crippen LogP contribution < -0.4 is 25.3 Å². The number of nitrogens with two attached hydrogens (primary N) is 1. The number of rotatable bonds is 10. The van der Waals surface area contributed by atoms with E-state index in [1.165, 1.54) is 7.11 Å². The van der Waals surface area contributed by atoms with Crippen LogP contribution in [0.25, 0.3) is 0 Å². The minimum absolute atomic E-state index is 0.0292. The van der Waals surface area contributed by atoms with E-state index in [-0.39, 0.29) is 17.7 Å². The molecule has 1 heterocycles. The molecule has 2 aromatic carbocycles. The van der Waals surface area contributed by atoms with Crippen LogP contribution in [0.3, 0.4) is 0 Å². The molecular formula is C25H29FN4O3. The molecule has 0 bridgehead atoms. The molecular weight excluding hydrogens is 423 g/mol. The van der Waals surface area contributed by atoms with Gasteiger partial charge in [-0.05, 0) is 57.2 Å². The predicted octanol–water partition coefficient (Wildman–Crippen LogP) is 4.90. The maximum Gasteiger partial charge on any atom is 0.213 e. The summed E-state index contributed by atoms with van der Waals surface area (Å²) in [5, 5.41) is 10.9. The van der Waals surface area contributed by atoms with Crippen molar-refractivity contribution in [1.82, 2.24) is 4.98 Å². The lowest BCUT2D eigenvalue weighted by atomic mass is 10.0. The number of pyridine rings is 1. The van der Waals surface area contributed by atoms with Gasteiger partial charge in [0.25, 0.3) is 0 Å². The molecule has 1 unspecified atom stereocenters. The number of hydrogen-bond donors (Lipinski definition) is 3. The fourth-order valence-corrected chi connectivity index (χ4v) is 3.32. The first-order valence-corrected chi connectivity index (χ1v) is 10.7. The Bertz CT molecular complexity index is 1100. The van der Waals surface area contributed by atoms with Gasteiger partial charge in [0, 0.05) is 28.9 Å². The Hall–Kier alpha value is -3.81. The lowest BCUT2D eigenvalue weighted by molar-refractivity contribution is 0.228. The van der Waals surface area contributed by atoms with Gasteiger partial charge in [-0.25, -0.2) is 9.37 Å². The number of amidine groups is 1. The summed E-state index contributed by atoms with van der Waals surface area (Å²) in [5.41, 5.74) is 7.71. The van der Waals surface area contributed by atoms with Crippen LogP contribution in [-0.2, 0) is 0 Å². The molecule has 3 aromatic rings. The zero-order valence-electron chi connectivity index (χ0n) is 19.2.